The Hall–Kier alpha value is -2.95. The third-order valence-corrected chi connectivity index (χ3v) is 4.44. The smallest absolute Gasteiger partial charge is 0.306 e. The number of aliphatic carboxylic acids is 1. The van der Waals surface area contributed by atoms with E-state index in [1.807, 2.05) is 91.0 Å². The maximum Gasteiger partial charge on any atom is 0.306 e. The highest BCUT2D eigenvalue weighted by Gasteiger charge is 2.38. The number of carboxylic acid groups (broad SMARTS) is 1. The Morgan fingerprint density at radius 2 is 1.15 bits per heavy atom. The summed E-state index contributed by atoms with van der Waals surface area (Å²) >= 11 is 0. The van der Waals surface area contributed by atoms with Crippen molar-refractivity contribution in [2.75, 3.05) is 6.61 Å². The summed E-state index contributed by atoms with van der Waals surface area (Å²) in [7, 11) is 0. The molecule has 0 bridgehead atoms. The van der Waals surface area contributed by atoms with Gasteiger partial charge in [-0.15, -0.1) is 0 Å². The van der Waals surface area contributed by atoms with Crippen LogP contribution in [0.4, 0.5) is 0 Å². The van der Waals surface area contributed by atoms with Gasteiger partial charge in [-0.25, -0.2) is 0 Å². The van der Waals surface area contributed by atoms with Crippen LogP contribution in [0.2, 0.25) is 0 Å². The molecule has 1 unspecified atom stereocenters. The van der Waals surface area contributed by atoms with Crippen LogP contribution in [0, 0.1) is 0 Å². The van der Waals surface area contributed by atoms with Crippen LogP contribution in [0.1, 0.15) is 23.1 Å². The molecule has 0 heterocycles. The molecule has 27 heavy (non-hydrogen) atoms. The number of hydrogen-bond acceptors (Lipinski definition) is 3. The van der Waals surface area contributed by atoms with E-state index in [-0.39, 0.29) is 13.0 Å². The number of aliphatic hydroxyl groups is 1. The summed E-state index contributed by atoms with van der Waals surface area (Å²) in [5.74, 6) is -1.06. The molecule has 2 N–H and O–H groups in total. The molecule has 0 radical (unpaired) electrons. The fourth-order valence-corrected chi connectivity index (χ4v) is 3.25. The van der Waals surface area contributed by atoms with E-state index in [1.54, 1.807) is 0 Å². The number of benzene rings is 3. The molecule has 0 aliphatic carbocycles. The molecule has 3 rings (SSSR count). The molecule has 1 atom stereocenters. The molecule has 0 aromatic heterocycles. The molecule has 4 heteroatoms. The van der Waals surface area contributed by atoms with Crippen molar-refractivity contribution in [2.45, 2.75) is 18.1 Å². The van der Waals surface area contributed by atoms with Crippen LogP contribution in [-0.4, -0.2) is 28.9 Å². The lowest BCUT2D eigenvalue weighted by atomic mass is 9.80. The molecule has 0 aliphatic heterocycles. The highest BCUT2D eigenvalue weighted by atomic mass is 16.5. The second kappa shape index (κ2) is 8.62. The molecule has 0 fully saturated rings. The summed E-state index contributed by atoms with van der Waals surface area (Å²) in [5, 5.41) is 19.1. The van der Waals surface area contributed by atoms with Gasteiger partial charge < -0.3 is 14.9 Å². The molecule has 0 spiro atoms. The minimum absolute atomic E-state index is 0.106. The summed E-state index contributed by atoms with van der Waals surface area (Å²) in [6.07, 6.45) is -1.47. The van der Waals surface area contributed by atoms with E-state index in [1.165, 1.54) is 0 Å². The number of aliphatic hydroxyl groups excluding tert-OH is 1. The molecule has 0 saturated carbocycles. The molecule has 0 aliphatic rings. The lowest BCUT2D eigenvalue weighted by molar-refractivity contribution is -0.141. The van der Waals surface area contributed by atoms with E-state index in [9.17, 15) is 9.90 Å². The van der Waals surface area contributed by atoms with Gasteiger partial charge in [-0.1, -0.05) is 91.0 Å². The van der Waals surface area contributed by atoms with Crippen LogP contribution in [0.25, 0.3) is 0 Å². The molecule has 3 aromatic carbocycles. The maximum atomic E-state index is 10.9. The fraction of sp³-hybridized carbons (Fsp3) is 0.174. The van der Waals surface area contributed by atoms with Crippen molar-refractivity contribution in [2.24, 2.45) is 0 Å². The van der Waals surface area contributed by atoms with Gasteiger partial charge in [0.05, 0.1) is 19.1 Å². The Morgan fingerprint density at radius 1 is 0.778 bits per heavy atom. The van der Waals surface area contributed by atoms with Gasteiger partial charge >= 0.3 is 5.97 Å². The summed E-state index contributed by atoms with van der Waals surface area (Å²) < 4.78 is 6.34. The average molecular weight is 362 g/mol. The summed E-state index contributed by atoms with van der Waals surface area (Å²) in [6, 6.07) is 29.3. The van der Waals surface area contributed by atoms with Crippen molar-refractivity contribution in [3.8, 4) is 0 Å². The Morgan fingerprint density at radius 3 is 1.48 bits per heavy atom. The SMILES string of the molecule is O=C(O)CC(O)COC(c1ccccc1)(c1ccccc1)c1ccccc1. The van der Waals surface area contributed by atoms with Gasteiger partial charge in [-0.2, -0.15) is 0 Å². The van der Waals surface area contributed by atoms with Gasteiger partial charge in [0.25, 0.3) is 0 Å². The third-order valence-electron chi connectivity index (χ3n) is 4.44. The molecule has 138 valence electrons. The second-order valence-electron chi connectivity index (χ2n) is 6.34. The average Bonchev–Trinajstić information content (AvgIpc) is 2.70. The van der Waals surface area contributed by atoms with Crippen LogP contribution in [0.5, 0.6) is 0 Å². The van der Waals surface area contributed by atoms with Gasteiger partial charge in [0.1, 0.15) is 5.60 Å². The molecule has 4 nitrogen and oxygen atoms in total. The predicted octanol–water partition coefficient (Wildman–Crippen LogP) is 3.83. The highest BCUT2D eigenvalue weighted by molar-refractivity contribution is 5.67. The van der Waals surface area contributed by atoms with Crippen molar-refractivity contribution in [1.82, 2.24) is 0 Å². The predicted molar refractivity (Wildman–Crippen MR) is 103 cm³/mol. The van der Waals surface area contributed by atoms with Crippen molar-refractivity contribution in [3.05, 3.63) is 108 Å². The fourth-order valence-electron chi connectivity index (χ4n) is 3.25. The van der Waals surface area contributed by atoms with Gasteiger partial charge in [0.2, 0.25) is 0 Å². The standard InChI is InChI=1S/C23H22O4/c24-21(16-22(25)26)17-27-23(18-10-4-1-5-11-18,19-12-6-2-7-13-19)20-14-8-3-9-15-20/h1-15,21,24H,16-17H2,(H,25,26). The second-order valence-corrected chi connectivity index (χ2v) is 6.34. The van der Waals surface area contributed by atoms with Crippen LogP contribution >= 0.6 is 0 Å². The Balaban J connectivity index is 2.12. The maximum absolute atomic E-state index is 10.9. The van der Waals surface area contributed by atoms with E-state index in [2.05, 4.69) is 0 Å². The number of carboxylic acids is 1. The summed E-state index contributed by atoms with van der Waals surface area (Å²) in [4.78, 5) is 10.9. The van der Waals surface area contributed by atoms with Crippen molar-refractivity contribution in [1.29, 1.82) is 0 Å². The van der Waals surface area contributed by atoms with Crippen LogP contribution in [0.3, 0.4) is 0 Å². The normalized spacial score (nSPS) is 12.5. The zero-order chi connectivity index (χ0) is 19.1. The lowest BCUT2D eigenvalue weighted by Gasteiger charge is -2.36. The van der Waals surface area contributed by atoms with Gasteiger partial charge in [-0.05, 0) is 16.7 Å². The first-order valence-corrected chi connectivity index (χ1v) is 8.83. The number of ether oxygens (including phenoxy) is 1. The molecular weight excluding hydrogens is 340 g/mol. The van der Waals surface area contributed by atoms with E-state index in [0.717, 1.165) is 16.7 Å². The van der Waals surface area contributed by atoms with E-state index >= 15 is 0 Å². The highest BCUT2D eigenvalue weighted by Crippen LogP contribution is 2.40. The minimum Gasteiger partial charge on any atom is -0.481 e. The van der Waals surface area contributed by atoms with Crippen LogP contribution < -0.4 is 0 Å². The molecule has 0 amide bonds. The van der Waals surface area contributed by atoms with Crippen LogP contribution in [0.15, 0.2) is 91.0 Å². The largest absolute Gasteiger partial charge is 0.481 e. The lowest BCUT2D eigenvalue weighted by Crippen LogP contribution is -2.36. The first kappa shape index (κ1) is 18.8. The molecular formula is C23H22O4. The number of carbonyl (C=O) groups is 1. The van der Waals surface area contributed by atoms with Crippen molar-refractivity contribution in [3.63, 3.8) is 0 Å². The Kier molecular flexibility index (Phi) is 6.01. The quantitative estimate of drug-likeness (QED) is 0.598. The Bertz CT molecular complexity index is 751. The van der Waals surface area contributed by atoms with E-state index < -0.39 is 17.7 Å². The first-order chi connectivity index (χ1) is 13.1. The van der Waals surface area contributed by atoms with Gasteiger partial charge in [-0.3, -0.25) is 4.79 Å². The zero-order valence-corrected chi connectivity index (χ0v) is 14.9. The van der Waals surface area contributed by atoms with Crippen LogP contribution in [-0.2, 0) is 15.1 Å². The number of hydrogen-bond donors (Lipinski definition) is 2. The molecule has 3 aromatic rings. The number of rotatable bonds is 8. The topological polar surface area (TPSA) is 66.8 Å². The van der Waals surface area contributed by atoms with Gasteiger partial charge in [0.15, 0.2) is 0 Å². The van der Waals surface area contributed by atoms with Crippen molar-refractivity contribution < 1.29 is 19.7 Å². The molecule has 0 saturated heterocycles. The monoisotopic (exact) mass is 362 g/mol. The zero-order valence-electron chi connectivity index (χ0n) is 14.9. The Labute approximate surface area is 158 Å². The third kappa shape index (κ3) is 4.25. The van der Waals surface area contributed by atoms with E-state index in [4.69, 9.17) is 9.84 Å². The first-order valence-electron chi connectivity index (χ1n) is 8.83. The van der Waals surface area contributed by atoms with Crippen molar-refractivity contribution >= 4 is 5.97 Å². The van der Waals surface area contributed by atoms with E-state index in [0.29, 0.717) is 0 Å². The summed E-state index contributed by atoms with van der Waals surface area (Å²) in [6.45, 7) is -0.106. The van der Waals surface area contributed by atoms with Gasteiger partial charge in [0, 0.05) is 0 Å². The summed E-state index contributed by atoms with van der Waals surface area (Å²) in [5.41, 5.74) is 1.77. The minimum atomic E-state index is -1.10.